The van der Waals surface area contributed by atoms with Crippen molar-refractivity contribution in [2.24, 2.45) is 0 Å². The normalized spacial score (nSPS) is 10.1. The van der Waals surface area contributed by atoms with Gasteiger partial charge in [0.1, 0.15) is 6.26 Å². The lowest BCUT2D eigenvalue weighted by Crippen LogP contribution is -1.95. The van der Waals surface area contributed by atoms with Crippen LogP contribution in [0.3, 0.4) is 0 Å². The van der Waals surface area contributed by atoms with Crippen molar-refractivity contribution in [1.82, 2.24) is 9.97 Å². The lowest BCUT2D eigenvalue weighted by molar-refractivity contribution is 0.0690. The monoisotopic (exact) mass is 284 g/mol. The number of hydrogen-bond acceptors (Lipinski definition) is 5. The third kappa shape index (κ3) is 2.37. The van der Waals surface area contributed by atoms with Gasteiger partial charge in [0, 0.05) is 10.7 Å². The summed E-state index contributed by atoms with van der Waals surface area (Å²) in [4.78, 5) is 18.0. The van der Waals surface area contributed by atoms with Gasteiger partial charge in [-0.2, -0.15) is 4.98 Å². The van der Waals surface area contributed by atoms with Crippen LogP contribution in [0.1, 0.15) is 10.5 Å². The Balaban J connectivity index is 2.17. The molecular weight excluding hydrogens is 280 g/mol. The average molecular weight is 285 g/mol. The molecule has 0 bridgehead atoms. The Bertz CT molecular complexity index is 526. The van der Waals surface area contributed by atoms with E-state index in [1.807, 2.05) is 0 Å². The number of carbonyl (C=O) groups is 1. The second kappa shape index (κ2) is 4.31. The van der Waals surface area contributed by atoms with Gasteiger partial charge in [-0.3, -0.25) is 4.98 Å². The lowest BCUT2D eigenvalue weighted by atomic mass is 10.5. The molecule has 0 radical (unpaired) electrons. The SMILES string of the molecule is O=C(O)c1coc(Oc2cncc(Br)c2)n1. The van der Waals surface area contributed by atoms with Crippen molar-refractivity contribution in [2.75, 3.05) is 0 Å². The number of carboxylic acid groups (broad SMARTS) is 1. The van der Waals surface area contributed by atoms with Crippen molar-refractivity contribution in [3.05, 3.63) is 34.9 Å². The summed E-state index contributed by atoms with van der Waals surface area (Å²) in [5.41, 5.74) is -0.210. The molecule has 0 aliphatic heterocycles. The second-order valence-corrected chi connectivity index (χ2v) is 3.66. The minimum Gasteiger partial charge on any atom is -0.476 e. The number of aromatic carboxylic acids is 1. The van der Waals surface area contributed by atoms with E-state index in [4.69, 9.17) is 14.3 Å². The van der Waals surface area contributed by atoms with Crippen LogP contribution in [0.2, 0.25) is 0 Å². The number of hydrogen-bond donors (Lipinski definition) is 1. The first-order valence-electron chi connectivity index (χ1n) is 4.12. The molecule has 2 aromatic rings. The molecule has 0 fully saturated rings. The second-order valence-electron chi connectivity index (χ2n) is 2.74. The lowest BCUT2D eigenvalue weighted by Gasteiger charge is -1.99. The Morgan fingerprint density at radius 1 is 1.50 bits per heavy atom. The van der Waals surface area contributed by atoms with E-state index in [2.05, 4.69) is 25.9 Å². The maximum Gasteiger partial charge on any atom is 0.399 e. The number of ether oxygens (including phenoxy) is 1. The smallest absolute Gasteiger partial charge is 0.399 e. The first kappa shape index (κ1) is 10.6. The van der Waals surface area contributed by atoms with Crippen LogP contribution in [0.5, 0.6) is 11.8 Å². The first-order chi connectivity index (χ1) is 7.65. The van der Waals surface area contributed by atoms with Crippen LogP contribution >= 0.6 is 15.9 Å². The van der Waals surface area contributed by atoms with E-state index in [9.17, 15) is 4.79 Å². The standard InChI is InChI=1S/C9H5BrN2O4/c10-5-1-6(3-11-2-5)16-9-12-7(4-15-9)8(13)14/h1-4H,(H,13,14). The van der Waals surface area contributed by atoms with Gasteiger partial charge < -0.3 is 14.3 Å². The number of pyridine rings is 1. The van der Waals surface area contributed by atoms with Crippen molar-refractivity contribution < 1.29 is 19.1 Å². The molecule has 0 unspecified atom stereocenters. The highest BCUT2D eigenvalue weighted by molar-refractivity contribution is 9.10. The molecule has 0 saturated carbocycles. The summed E-state index contributed by atoms with van der Waals surface area (Å²) in [5.74, 6) is -0.779. The zero-order valence-electron chi connectivity index (χ0n) is 7.75. The first-order valence-corrected chi connectivity index (χ1v) is 4.91. The fourth-order valence-corrected chi connectivity index (χ4v) is 1.30. The molecule has 0 saturated heterocycles. The number of aromatic nitrogens is 2. The number of oxazole rings is 1. The van der Waals surface area contributed by atoms with Crippen LogP contribution < -0.4 is 4.74 Å². The number of rotatable bonds is 3. The molecule has 0 spiro atoms. The van der Waals surface area contributed by atoms with Gasteiger partial charge in [0.15, 0.2) is 11.4 Å². The van der Waals surface area contributed by atoms with Crippen molar-refractivity contribution in [1.29, 1.82) is 0 Å². The molecule has 1 N–H and O–H groups in total. The topological polar surface area (TPSA) is 85.5 Å². The molecule has 82 valence electrons. The largest absolute Gasteiger partial charge is 0.476 e. The van der Waals surface area contributed by atoms with E-state index in [-0.39, 0.29) is 11.8 Å². The molecule has 0 aromatic carbocycles. The quantitative estimate of drug-likeness (QED) is 0.931. The van der Waals surface area contributed by atoms with Crippen molar-refractivity contribution in [3.63, 3.8) is 0 Å². The van der Waals surface area contributed by atoms with Crippen LogP contribution in [-0.2, 0) is 0 Å². The highest BCUT2D eigenvalue weighted by atomic mass is 79.9. The maximum atomic E-state index is 10.5. The zero-order chi connectivity index (χ0) is 11.5. The molecule has 2 aromatic heterocycles. The molecule has 0 atom stereocenters. The fourth-order valence-electron chi connectivity index (χ4n) is 0.951. The Morgan fingerprint density at radius 3 is 2.94 bits per heavy atom. The summed E-state index contributed by atoms with van der Waals surface area (Å²) < 4.78 is 10.7. The van der Waals surface area contributed by atoms with Gasteiger partial charge in [0.2, 0.25) is 0 Å². The van der Waals surface area contributed by atoms with Gasteiger partial charge in [-0.05, 0) is 22.0 Å². The Labute approximate surface area is 98.0 Å². The molecule has 0 amide bonds. The van der Waals surface area contributed by atoms with Gasteiger partial charge in [0.05, 0.1) is 6.20 Å². The van der Waals surface area contributed by atoms with Crippen molar-refractivity contribution >= 4 is 21.9 Å². The summed E-state index contributed by atoms with van der Waals surface area (Å²) in [5, 5.41) is 8.61. The van der Waals surface area contributed by atoms with Gasteiger partial charge >= 0.3 is 12.0 Å². The summed E-state index contributed by atoms with van der Waals surface area (Å²) >= 11 is 3.22. The zero-order valence-corrected chi connectivity index (χ0v) is 9.34. The van der Waals surface area contributed by atoms with Gasteiger partial charge in [-0.15, -0.1) is 0 Å². The molecule has 7 heteroatoms. The summed E-state index contributed by atoms with van der Waals surface area (Å²) in [7, 11) is 0. The summed E-state index contributed by atoms with van der Waals surface area (Å²) in [6, 6.07) is 1.65. The van der Waals surface area contributed by atoms with Crippen LogP contribution in [0.25, 0.3) is 0 Å². The van der Waals surface area contributed by atoms with E-state index < -0.39 is 5.97 Å². The van der Waals surface area contributed by atoms with Gasteiger partial charge in [-0.25, -0.2) is 4.79 Å². The van der Waals surface area contributed by atoms with Crippen molar-refractivity contribution in [3.8, 4) is 11.8 Å². The summed E-state index contributed by atoms with van der Waals surface area (Å²) in [6.07, 6.45) is 3.90. The Morgan fingerprint density at radius 2 is 2.31 bits per heavy atom. The van der Waals surface area contributed by atoms with Crippen LogP contribution in [0, 0.1) is 0 Å². The number of carboxylic acids is 1. The Hall–Kier alpha value is -1.89. The van der Waals surface area contributed by atoms with Crippen LogP contribution in [0.15, 0.2) is 33.6 Å². The Kier molecular flexibility index (Phi) is 2.86. The van der Waals surface area contributed by atoms with E-state index in [0.29, 0.717) is 5.75 Å². The van der Waals surface area contributed by atoms with E-state index >= 15 is 0 Å². The highest BCUT2D eigenvalue weighted by Crippen LogP contribution is 2.22. The number of nitrogens with zero attached hydrogens (tertiary/aromatic N) is 2. The third-order valence-corrected chi connectivity index (χ3v) is 2.02. The molecule has 16 heavy (non-hydrogen) atoms. The summed E-state index contributed by atoms with van der Waals surface area (Å²) in [6.45, 7) is 0. The minimum absolute atomic E-state index is 0.141. The van der Waals surface area contributed by atoms with Crippen LogP contribution in [-0.4, -0.2) is 21.0 Å². The molecule has 2 heterocycles. The predicted molar refractivity (Wildman–Crippen MR) is 55.5 cm³/mol. The minimum atomic E-state index is -1.18. The van der Waals surface area contributed by atoms with E-state index in [1.165, 1.54) is 6.20 Å². The molecular formula is C9H5BrN2O4. The van der Waals surface area contributed by atoms with Gasteiger partial charge in [0.25, 0.3) is 0 Å². The van der Waals surface area contributed by atoms with E-state index in [1.54, 1.807) is 12.3 Å². The molecule has 2 rings (SSSR count). The predicted octanol–water partition coefficient (Wildman–Crippen LogP) is 2.32. The molecule has 0 aliphatic carbocycles. The number of halogens is 1. The van der Waals surface area contributed by atoms with Crippen LogP contribution in [0.4, 0.5) is 0 Å². The molecule has 6 nitrogen and oxygen atoms in total. The molecule has 0 aliphatic rings. The van der Waals surface area contributed by atoms with Gasteiger partial charge in [-0.1, -0.05) is 0 Å². The highest BCUT2D eigenvalue weighted by Gasteiger charge is 2.11. The van der Waals surface area contributed by atoms with E-state index in [0.717, 1.165) is 10.7 Å². The average Bonchev–Trinajstić information content (AvgIpc) is 2.66. The van der Waals surface area contributed by atoms with Crippen molar-refractivity contribution in [2.45, 2.75) is 0 Å². The fraction of sp³-hybridized carbons (Fsp3) is 0. The maximum absolute atomic E-state index is 10.5. The third-order valence-electron chi connectivity index (χ3n) is 1.59.